The molecular weight excluding hydrogens is 330 g/mol. The number of rotatable bonds is 6. The van der Waals surface area contributed by atoms with Crippen molar-refractivity contribution in [3.05, 3.63) is 16.9 Å². The van der Waals surface area contributed by atoms with E-state index >= 15 is 0 Å². The lowest BCUT2D eigenvalue weighted by molar-refractivity contribution is -0.877. The first kappa shape index (κ1) is 19.8. The summed E-state index contributed by atoms with van der Waals surface area (Å²) < 4.78 is 9.70. The van der Waals surface area contributed by atoms with Crippen LogP contribution in [0.4, 0.5) is 0 Å². The van der Waals surface area contributed by atoms with Gasteiger partial charge in [0.1, 0.15) is 24.9 Å². The minimum absolute atomic E-state index is 0.176. The second-order valence-corrected chi connectivity index (χ2v) is 7.25. The SMILES string of the molecule is CC(=O)O[C@H](C)[C@](O)(C(=O)OCC1=CC[N@@+]2([O-])CC[C@H](O)[C@@H]12)C(C)C. The van der Waals surface area contributed by atoms with Gasteiger partial charge in [0.25, 0.3) is 0 Å². The molecule has 2 aliphatic heterocycles. The molecule has 2 aliphatic rings. The molecule has 1 fully saturated rings. The van der Waals surface area contributed by atoms with Gasteiger partial charge >= 0.3 is 11.9 Å². The quantitative estimate of drug-likeness (QED) is 0.303. The van der Waals surface area contributed by atoms with Crippen molar-refractivity contribution in [1.29, 1.82) is 0 Å². The summed E-state index contributed by atoms with van der Waals surface area (Å²) >= 11 is 0. The van der Waals surface area contributed by atoms with Crippen molar-refractivity contribution in [2.45, 2.75) is 58.0 Å². The number of esters is 2. The molecule has 0 bridgehead atoms. The molecule has 0 saturated carbocycles. The van der Waals surface area contributed by atoms with E-state index in [0.29, 0.717) is 18.5 Å². The van der Waals surface area contributed by atoms with E-state index in [1.807, 2.05) is 0 Å². The molecule has 8 heteroatoms. The first-order valence-corrected chi connectivity index (χ1v) is 8.54. The van der Waals surface area contributed by atoms with Crippen LogP contribution in [0.1, 0.15) is 34.1 Å². The van der Waals surface area contributed by atoms with Crippen LogP contribution < -0.4 is 0 Å². The fourth-order valence-electron chi connectivity index (χ4n) is 3.73. The number of hydrogen-bond donors (Lipinski definition) is 2. The van der Waals surface area contributed by atoms with Gasteiger partial charge in [-0.1, -0.05) is 13.8 Å². The maximum Gasteiger partial charge on any atom is 0.342 e. The third-order valence-corrected chi connectivity index (χ3v) is 5.26. The Balaban J connectivity index is 2.06. The Bertz CT molecular complexity index is 575. The number of carbonyl (C=O) groups is 2. The molecule has 5 atom stereocenters. The molecule has 0 aromatic rings. The second kappa shape index (κ2) is 7.03. The molecule has 2 rings (SSSR count). The van der Waals surface area contributed by atoms with E-state index in [9.17, 15) is 25.0 Å². The highest BCUT2D eigenvalue weighted by Crippen LogP contribution is 2.36. The number of aliphatic hydroxyl groups excluding tert-OH is 1. The average molecular weight is 357 g/mol. The lowest BCUT2D eigenvalue weighted by atomic mass is 9.85. The number of hydrogen-bond acceptors (Lipinski definition) is 7. The van der Waals surface area contributed by atoms with Gasteiger partial charge in [-0.3, -0.25) is 4.79 Å². The fraction of sp³-hybridized carbons (Fsp3) is 0.765. The minimum atomic E-state index is -2.00. The van der Waals surface area contributed by atoms with E-state index in [-0.39, 0.29) is 13.2 Å². The van der Waals surface area contributed by atoms with E-state index in [1.54, 1.807) is 19.9 Å². The summed E-state index contributed by atoms with van der Waals surface area (Å²) in [6, 6.07) is -0.620. The Labute approximate surface area is 147 Å². The van der Waals surface area contributed by atoms with Gasteiger partial charge in [0, 0.05) is 18.9 Å². The fourth-order valence-corrected chi connectivity index (χ4v) is 3.73. The summed E-state index contributed by atoms with van der Waals surface area (Å²) in [6.07, 6.45) is 0.270. The number of nitrogens with zero attached hydrogens (tertiary/aromatic N) is 1. The molecular formula is C17H27NO7. The Hall–Kier alpha value is -1.48. The van der Waals surface area contributed by atoms with Crippen molar-refractivity contribution in [1.82, 2.24) is 0 Å². The third kappa shape index (κ3) is 3.57. The summed E-state index contributed by atoms with van der Waals surface area (Å²) in [7, 11) is 0. The molecule has 0 aliphatic carbocycles. The largest absolute Gasteiger partial charge is 0.632 e. The Kier molecular flexibility index (Phi) is 5.58. The monoisotopic (exact) mass is 357 g/mol. The average Bonchev–Trinajstić information content (AvgIpc) is 2.99. The van der Waals surface area contributed by atoms with Crippen molar-refractivity contribution in [2.24, 2.45) is 5.92 Å². The Morgan fingerprint density at radius 2 is 2.08 bits per heavy atom. The van der Waals surface area contributed by atoms with Crippen LogP contribution >= 0.6 is 0 Å². The molecule has 25 heavy (non-hydrogen) atoms. The molecule has 1 saturated heterocycles. The van der Waals surface area contributed by atoms with Crippen LogP contribution in [-0.4, -0.2) is 70.3 Å². The zero-order chi connectivity index (χ0) is 19.0. The van der Waals surface area contributed by atoms with Gasteiger partial charge in [-0.15, -0.1) is 0 Å². The van der Waals surface area contributed by atoms with Crippen LogP contribution in [0.25, 0.3) is 0 Å². The van der Waals surface area contributed by atoms with Crippen molar-refractivity contribution in [2.75, 3.05) is 19.7 Å². The molecule has 0 spiro atoms. The van der Waals surface area contributed by atoms with Gasteiger partial charge in [-0.05, 0) is 18.9 Å². The summed E-state index contributed by atoms with van der Waals surface area (Å²) in [4.78, 5) is 23.7. The first-order chi connectivity index (χ1) is 11.5. The van der Waals surface area contributed by atoms with Gasteiger partial charge in [-0.25, -0.2) is 4.79 Å². The highest BCUT2D eigenvalue weighted by atomic mass is 16.6. The topological polar surface area (TPSA) is 116 Å². The van der Waals surface area contributed by atoms with Crippen LogP contribution in [0.5, 0.6) is 0 Å². The predicted molar refractivity (Wildman–Crippen MR) is 87.8 cm³/mol. The molecule has 2 N–H and O–H groups in total. The number of fused-ring (bicyclic) bond motifs is 1. The molecule has 0 aromatic carbocycles. The lowest BCUT2D eigenvalue weighted by Gasteiger charge is -2.40. The van der Waals surface area contributed by atoms with Gasteiger partial charge in [0.15, 0.2) is 0 Å². The zero-order valence-electron chi connectivity index (χ0n) is 15.1. The van der Waals surface area contributed by atoms with E-state index < -0.39 is 46.4 Å². The second-order valence-electron chi connectivity index (χ2n) is 7.25. The minimum Gasteiger partial charge on any atom is -0.632 e. The van der Waals surface area contributed by atoms with E-state index in [0.717, 1.165) is 0 Å². The summed E-state index contributed by atoms with van der Waals surface area (Å²) in [5.74, 6) is -2.08. The first-order valence-electron chi connectivity index (χ1n) is 8.54. The lowest BCUT2D eigenvalue weighted by Crippen LogP contribution is -2.55. The van der Waals surface area contributed by atoms with Gasteiger partial charge in [0.05, 0.1) is 13.1 Å². The van der Waals surface area contributed by atoms with Crippen molar-refractivity contribution < 1.29 is 33.9 Å². The van der Waals surface area contributed by atoms with Crippen LogP contribution in [-0.2, 0) is 19.1 Å². The third-order valence-electron chi connectivity index (χ3n) is 5.26. The summed E-state index contributed by atoms with van der Waals surface area (Å²) in [5, 5.41) is 33.3. The van der Waals surface area contributed by atoms with Crippen LogP contribution in [0.2, 0.25) is 0 Å². The molecule has 142 valence electrons. The number of quaternary nitrogens is 1. The molecule has 8 nitrogen and oxygen atoms in total. The highest BCUT2D eigenvalue weighted by Gasteiger charge is 2.50. The predicted octanol–water partition coefficient (Wildman–Crippen LogP) is 0.256. The standard InChI is InChI=1S/C17H27NO7/c1-10(2)17(22,11(3)25-12(4)19)16(21)24-9-13-5-7-18(23)8-6-14(20)15(13)18/h5,10-11,14-15,20,22H,6-9H2,1-4H3/t11-,14+,15-,17+,18-/m1/s1. The number of carbonyl (C=O) groups excluding carboxylic acids is 2. The van der Waals surface area contributed by atoms with Crippen molar-refractivity contribution >= 4 is 11.9 Å². The normalized spacial score (nSPS) is 31.9. The van der Waals surface area contributed by atoms with E-state index in [4.69, 9.17) is 9.47 Å². The van der Waals surface area contributed by atoms with Crippen molar-refractivity contribution in [3.8, 4) is 0 Å². The van der Waals surface area contributed by atoms with E-state index in [1.165, 1.54) is 13.8 Å². The summed E-state index contributed by atoms with van der Waals surface area (Å²) in [6.45, 7) is 6.26. The Morgan fingerprint density at radius 1 is 1.44 bits per heavy atom. The molecule has 2 heterocycles. The number of ether oxygens (including phenoxy) is 2. The molecule has 0 radical (unpaired) electrons. The molecule has 0 aromatic heterocycles. The van der Waals surface area contributed by atoms with Gasteiger partial charge in [-0.2, -0.15) is 0 Å². The van der Waals surface area contributed by atoms with Gasteiger partial charge < -0.3 is 29.5 Å². The molecule has 0 amide bonds. The maximum atomic E-state index is 12.5. The summed E-state index contributed by atoms with van der Waals surface area (Å²) in [5.41, 5.74) is -1.43. The number of aliphatic hydroxyl groups is 2. The zero-order valence-corrected chi connectivity index (χ0v) is 15.1. The molecule has 0 unspecified atom stereocenters. The van der Waals surface area contributed by atoms with Crippen LogP contribution in [0.15, 0.2) is 11.6 Å². The van der Waals surface area contributed by atoms with Gasteiger partial charge in [0.2, 0.25) is 5.60 Å². The Morgan fingerprint density at radius 3 is 2.64 bits per heavy atom. The van der Waals surface area contributed by atoms with Crippen LogP contribution in [0.3, 0.4) is 0 Å². The van der Waals surface area contributed by atoms with E-state index in [2.05, 4.69) is 0 Å². The maximum absolute atomic E-state index is 12.5. The number of hydroxylamine groups is 3. The van der Waals surface area contributed by atoms with Crippen LogP contribution in [0, 0.1) is 11.1 Å². The smallest absolute Gasteiger partial charge is 0.342 e. The van der Waals surface area contributed by atoms with Crippen molar-refractivity contribution in [3.63, 3.8) is 0 Å². The highest BCUT2D eigenvalue weighted by molar-refractivity contribution is 5.81.